The van der Waals surface area contributed by atoms with E-state index in [0.717, 1.165) is 22.8 Å². The molecule has 1 aromatic heterocycles. The van der Waals surface area contributed by atoms with Crippen LogP contribution in [0, 0.1) is 11.3 Å². The van der Waals surface area contributed by atoms with Crippen molar-refractivity contribution in [2.45, 2.75) is 16.5 Å². The Morgan fingerprint density at radius 3 is 2.85 bits per heavy atom. The maximum atomic E-state index is 8.83. The van der Waals surface area contributed by atoms with Crippen LogP contribution in [0.5, 0.6) is 11.5 Å². The van der Waals surface area contributed by atoms with Crippen LogP contribution in [0.4, 0.5) is 0 Å². The predicted octanol–water partition coefficient (Wildman–Crippen LogP) is 2.66. The van der Waals surface area contributed by atoms with E-state index in [1.165, 1.54) is 11.8 Å². The van der Waals surface area contributed by atoms with E-state index < -0.39 is 0 Å². The molecule has 0 radical (unpaired) electrons. The van der Waals surface area contributed by atoms with Crippen LogP contribution in [0.15, 0.2) is 40.5 Å². The predicted molar refractivity (Wildman–Crippen MR) is 72.9 cm³/mol. The summed E-state index contributed by atoms with van der Waals surface area (Å²) in [7, 11) is 0. The van der Waals surface area contributed by atoms with E-state index >= 15 is 0 Å². The van der Waals surface area contributed by atoms with Crippen molar-refractivity contribution in [2.75, 3.05) is 13.2 Å². The fraction of sp³-hybridized carbons (Fsp3) is 0.214. The normalized spacial score (nSPS) is 13.3. The molecule has 0 N–H and O–H groups in total. The summed E-state index contributed by atoms with van der Waals surface area (Å²) in [6.45, 7) is 1.33. The summed E-state index contributed by atoms with van der Waals surface area (Å²) in [6, 6.07) is 9.31. The van der Waals surface area contributed by atoms with Gasteiger partial charge in [0.2, 0.25) is 0 Å². The lowest BCUT2D eigenvalue weighted by atomic mass is 10.3. The minimum Gasteiger partial charge on any atom is -0.490 e. The third-order valence-corrected chi connectivity index (χ3v) is 3.55. The van der Waals surface area contributed by atoms with Crippen molar-refractivity contribution in [2.24, 2.45) is 0 Å². The van der Waals surface area contributed by atoms with Gasteiger partial charge in [-0.15, -0.1) is 0 Å². The fourth-order valence-electron chi connectivity index (χ4n) is 1.76. The van der Waals surface area contributed by atoms with E-state index in [-0.39, 0.29) is 0 Å². The van der Waals surface area contributed by atoms with Gasteiger partial charge in [-0.25, -0.2) is 9.97 Å². The van der Waals surface area contributed by atoms with Crippen LogP contribution in [-0.4, -0.2) is 23.2 Å². The zero-order valence-corrected chi connectivity index (χ0v) is 11.4. The van der Waals surface area contributed by atoms with Gasteiger partial charge in [0.25, 0.3) is 0 Å². The third kappa shape index (κ3) is 2.83. The molecule has 0 aliphatic carbocycles. The maximum Gasteiger partial charge on any atom is 0.193 e. The molecule has 0 spiro atoms. The molecular weight excluding hydrogens is 274 g/mol. The van der Waals surface area contributed by atoms with Gasteiger partial charge in [0, 0.05) is 17.5 Å². The minimum atomic E-state index is 0.358. The monoisotopic (exact) mass is 285 g/mol. The second-order valence-corrected chi connectivity index (χ2v) is 5.14. The van der Waals surface area contributed by atoms with Crippen LogP contribution in [0.25, 0.3) is 0 Å². The molecule has 1 aromatic carbocycles. The molecule has 0 fully saturated rings. The largest absolute Gasteiger partial charge is 0.490 e. The number of hydrogen-bond donors (Lipinski definition) is 0. The van der Waals surface area contributed by atoms with Crippen LogP contribution in [0.3, 0.4) is 0 Å². The molecule has 2 heterocycles. The van der Waals surface area contributed by atoms with Crippen molar-refractivity contribution in [3.05, 3.63) is 36.2 Å². The van der Waals surface area contributed by atoms with Gasteiger partial charge in [-0.3, -0.25) is 0 Å². The Balaban J connectivity index is 1.84. The Kier molecular flexibility index (Phi) is 3.70. The summed E-state index contributed by atoms with van der Waals surface area (Å²) >= 11 is 1.39. The lowest BCUT2D eigenvalue weighted by Gasteiger charge is -2.08. The molecular formula is C14H11N3O2S. The molecule has 0 amide bonds. The Labute approximate surface area is 120 Å². The molecule has 5 nitrogen and oxygen atoms in total. The number of aromatic nitrogens is 2. The molecule has 0 saturated heterocycles. The van der Waals surface area contributed by atoms with Crippen LogP contribution in [-0.2, 0) is 0 Å². The van der Waals surface area contributed by atoms with Gasteiger partial charge in [0.1, 0.15) is 11.8 Å². The Hall–Kier alpha value is -2.26. The number of ether oxygens (including phenoxy) is 2. The zero-order valence-electron chi connectivity index (χ0n) is 10.6. The third-order valence-electron chi connectivity index (χ3n) is 2.68. The van der Waals surface area contributed by atoms with Gasteiger partial charge < -0.3 is 9.47 Å². The molecule has 1 aliphatic heterocycles. The number of nitriles is 1. The lowest BCUT2D eigenvalue weighted by molar-refractivity contribution is 0.297. The van der Waals surface area contributed by atoms with Crippen LogP contribution < -0.4 is 9.47 Å². The highest BCUT2D eigenvalue weighted by Crippen LogP contribution is 2.35. The average Bonchev–Trinajstić information content (AvgIpc) is 2.72. The molecule has 20 heavy (non-hydrogen) atoms. The Morgan fingerprint density at radius 1 is 1.15 bits per heavy atom. The average molecular weight is 285 g/mol. The molecule has 0 atom stereocenters. The number of fused-ring (bicyclic) bond motifs is 1. The highest BCUT2D eigenvalue weighted by atomic mass is 32.2. The summed E-state index contributed by atoms with van der Waals surface area (Å²) in [6.07, 6.45) is 2.46. The van der Waals surface area contributed by atoms with Crippen LogP contribution in [0.1, 0.15) is 12.1 Å². The summed E-state index contributed by atoms with van der Waals surface area (Å²) < 4.78 is 11.2. The standard InChI is InChI=1S/C14H11N3O2S/c15-9-10-4-5-16-14(17-10)20-11-2-3-12-13(8-11)19-7-1-6-18-12/h2-5,8H,1,6-7H2. The number of rotatable bonds is 2. The Morgan fingerprint density at radius 2 is 2.00 bits per heavy atom. The van der Waals surface area contributed by atoms with Gasteiger partial charge in [0.05, 0.1) is 13.2 Å². The topological polar surface area (TPSA) is 68.0 Å². The first kappa shape index (κ1) is 12.8. The first-order valence-corrected chi connectivity index (χ1v) is 6.97. The highest BCUT2D eigenvalue weighted by molar-refractivity contribution is 7.99. The van der Waals surface area contributed by atoms with Gasteiger partial charge >= 0.3 is 0 Å². The minimum absolute atomic E-state index is 0.358. The Bertz CT molecular complexity index is 670. The van der Waals surface area contributed by atoms with Gasteiger partial charge in [-0.1, -0.05) is 0 Å². The number of hydrogen-bond acceptors (Lipinski definition) is 6. The molecule has 100 valence electrons. The maximum absolute atomic E-state index is 8.83. The molecule has 0 saturated carbocycles. The van der Waals surface area contributed by atoms with Crippen molar-refractivity contribution >= 4 is 11.8 Å². The van der Waals surface area contributed by atoms with E-state index in [9.17, 15) is 0 Å². The number of nitrogens with zero attached hydrogens (tertiary/aromatic N) is 3. The van der Waals surface area contributed by atoms with Gasteiger partial charge in [-0.2, -0.15) is 5.26 Å². The van der Waals surface area contributed by atoms with E-state index in [4.69, 9.17) is 14.7 Å². The van der Waals surface area contributed by atoms with Crippen molar-refractivity contribution in [1.29, 1.82) is 5.26 Å². The van der Waals surface area contributed by atoms with E-state index in [2.05, 4.69) is 9.97 Å². The molecule has 0 bridgehead atoms. The smallest absolute Gasteiger partial charge is 0.193 e. The van der Waals surface area contributed by atoms with Gasteiger partial charge in [0.15, 0.2) is 16.7 Å². The highest BCUT2D eigenvalue weighted by Gasteiger charge is 2.12. The fourth-order valence-corrected chi connectivity index (χ4v) is 2.54. The van der Waals surface area contributed by atoms with Gasteiger partial charge in [-0.05, 0) is 36.0 Å². The molecule has 2 aromatic rings. The van der Waals surface area contributed by atoms with Crippen LogP contribution >= 0.6 is 11.8 Å². The van der Waals surface area contributed by atoms with Crippen molar-refractivity contribution in [1.82, 2.24) is 9.97 Å². The molecule has 0 unspecified atom stereocenters. The lowest BCUT2D eigenvalue weighted by Crippen LogP contribution is -1.97. The second-order valence-electron chi connectivity index (χ2n) is 4.10. The van der Waals surface area contributed by atoms with E-state index in [0.29, 0.717) is 24.1 Å². The van der Waals surface area contributed by atoms with E-state index in [1.807, 2.05) is 24.3 Å². The van der Waals surface area contributed by atoms with E-state index in [1.54, 1.807) is 12.3 Å². The van der Waals surface area contributed by atoms with Crippen molar-refractivity contribution < 1.29 is 9.47 Å². The summed E-state index contributed by atoms with van der Waals surface area (Å²) in [5.74, 6) is 1.50. The summed E-state index contributed by atoms with van der Waals surface area (Å²) in [5.41, 5.74) is 0.358. The first-order chi connectivity index (χ1) is 9.85. The SMILES string of the molecule is N#Cc1ccnc(Sc2ccc3c(c2)OCCCO3)n1. The molecule has 3 rings (SSSR count). The zero-order chi connectivity index (χ0) is 13.8. The van der Waals surface area contributed by atoms with Crippen molar-refractivity contribution in [3.63, 3.8) is 0 Å². The first-order valence-electron chi connectivity index (χ1n) is 6.16. The van der Waals surface area contributed by atoms with Crippen molar-refractivity contribution in [3.8, 4) is 17.6 Å². The van der Waals surface area contributed by atoms with Crippen LogP contribution in [0.2, 0.25) is 0 Å². The molecule has 6 heteroatoms. The summed E-state index contributed by atoms with van der Waals surface area (Å²) in [5, 5.41) is 9.37. The summed E-state index contributed by atoms with van der Waals surface area (Å²) in [4.78, 5) is 9.23. The number of benzene rings is 1. The molecule has 1 aliphatic rings. The quantitative estimate of drug-likeness (QED) is 0.790. The second kappa shape index (κ2) is 5.80.